The molecule has 19 heavy (non-hydrogen) atoms. The summed E-state index contributed by atoms with van der Waals surface area (Å²) in [5.41, 5.74) is 1.28. The van der Waals surface area contributed by atoms with E-state index in [9.17, 15) is 0 Å². The zero-order valence-electron chi connectivity index (χ0n) is 12.9. The Kier molecular flexibility index (Phi) is 4.70. The van der Waals surface area contributed by atoms with Crippen LogP contribution >= 0.6 is 0 Å². The second-order valence-electron chi connectivity index (χ2n) is 6.31. The van der Waals surface area contributed by atoms with Crippen LogP contribution in [-0.2, 0) is 14.2 Å². The lowest BCUT2D eigenvalue weighted by atomic mass is 9.74. The van der Waals surface area contributed by atoms with Crippen LogP contribution in [0.15, 0.2) is 11.6 Å². The molecule has 1 saturated carbocycles. The first-order valence-corrected chi connectivity index (χ1v) is 7.39. The Morgan fingerprint density at radius 2 is 1.79 bits per heavy atom. The average Bonchev–Trinajstić information content (AvgIpc) is 3.07. The Hall–Kier alpha value is -0.380. The first-order chi connectivity index (χ1) is 9.02. The highest BCUT2D eigenvalue weighted by Gasteiger charge is 2.61. The Bertz CT molecular complexity index is 323. The molecule has 0 aromatic heterocycles. The molecule has 1 heterocycles. The maximum absolute atomic E-state index is 6.05. The number of hydrogen-bond donors (Lipinski definition) is 0. The van der Waals surface area contributed by atoms with Gasteiger partial charge in [0.1, 0.15) is 5.60 Å². The van der Waals surface area contributed by atoms with Crippen molar-refractivity contribution in [3.05, 3.63) is 11.6 Å². The second-order valence-corrected chi connectivity index (χ2v) is 6.31. The molecule has 1 saturated heterocycles. The van der Waals surface area contributed by atoms with E-state index in [0.29, 0.717) is 12.0 Å². The van der Waals surface area contributed by atoms with Crippen molar-refractivity contribution in [2.45, 2.75) is 70.4 Å². The molecular formula is C16H28O3. The third-order valence-corrected chi connectivity index (χ3v) is 4.76. The molecule has 2 rings (SSSR count). The zero-order chi connectivity index (χ0) is 14.0. The predicted molar refractivity (Wildman–Crippen MR) is 76.3 cm³/mol. The van der Waals surface area contributed by atoms with Crippen molar-refractivity contribution >= 4 is 0 Å². The molecule has 1 aliphatic heterocycles. The molecule has 0 aromatic rings. The van der Waals surface area contributed by atoms with Crippen LogP contribution in [0.25, 0.3) is 0 Å². The number of epoxide rings is 1. The lowest BCUT2D eigenvalue weighted by Crippen LogP contribution is -2.47. The maximum atomic E-state index is 6.05. The monoisotopic (exact) mass is 268 g/mol. The molecule has 2 aliphatic rings. The quantitative estimate of drug-likeness (QED) is 0.566. The van der Waals surface area contributed by atoms with Gasteiger partial charge >= 0.3 is 0 Å². The largest absolute Gasteiger partial charge is 0.381 e. The first-order valence-electron chi connectivity index (χ1n) is 7.39. The summed E-state index contributed by atoms with van der Waals surface area (Å²) in [6.07, 6.45) is 7.54. The minimum absolute atomic E-state index is 0.0757. The zero-order valence-corrected chi connectivity index (χ0v) is 12.9. The summed E-state index contributed by atoms with van der Waals surface area (Å²) in [4.78, 5) is 0. The van der Waals surface area contributed by atoms with Crippen LogP contribution in [-0.4, -0.2) is 38.1 Å². The van der Waals surface area contributed by atoms with E-state index < -0.39 is 0 Å². The summed E-state index contributed by atoms with van der Waals surface area (Å²) in [6, 6.07) is 0. The summed E-state index contributed by atoms with van der Waals surface area (Å²) in [6.45, 7) is 6.50. The van der Waals surface area contributed by atoms with Gasteiger partial charge in [-0.3, -0.25) is 0 Å². The number of rotatable bonds is 5. The summed E-state index contributed by atoms with van der Waals surface area (Å²) < 4.78 is 17.5. The maximum Gasteiger partial charge on any atom is 0.100 e. The molecule has 3 heteroatoms. The van der Waals surface area contributed by atoms with E-state index in [2.05, 4.69) is 26.8 Å². The number of allylic oxidation sites excluding steroid dienone is 1. The van der Waals surface area contributed by atoms with Gasteiger partial charge in [-0.05, 0) is 46.5 Å². The first kappa shape index (κ1) is 15.0. The fourth-order valence-electron chi connectivity index (χ4n) is 3.58. The van der Waals surface area contributed by atoms with Gasteiger partial charge in [0.15, 0.2) is 0 Å². The van der Waals surface area contributed by atoms with Crippen LogP contribution in [0.2, 0.25) is 0 Å². The summed E-state index contributed by atoms with van der Waals surface area (Å²) >= 11 is 0. The van der Waals surface area contributed by atoms with Gasteiger partial charge in [-0.2, -0.15) is 0 Å². The molecule has 0 aromatic carbocycles. The van der Waals surface area contributed by atoms with Gasteiger partial charge in [-0.15, -0.1) is 0 Å². The van der Waals surface area contributed by atoms with E-state index in [1.807, 2.05) is 14.2 Å². The SMILES string of the molecule is COC1CCC[C@@H](OC)C1[C@@]1(C)O[C@@H]1CC=C(C)C. The highest BCUT2D eigenvalue weighted by Crippen LogP contribution is 2.51. The van der Waals surface area contributed by atoms with Crippen LogP contribution in [0.5, 0.6) is 0 Å². The van der Waals surface area contributed by atoms with Crippen LogP contribution < -0.4 is 0 Å². The molecule has 0 amide bonds. The highest BCUT2D eigenvalue weighted by atomic mass is 16.6. The van der Waals surface area contributed by atoms with Crippen LogP contribution in [0.1, 0.15) is 46.5 Å². The van der Waals surface area contributed by atoms with E-state index in [1.54, 1.807) is 0 Å². The van der Waals surface area contributed by atoms with E-state index in [1.165, 1.54) is 12.0 Å². The van der Waals surface area contributed by atoms with Gasteiger partial charge in [0.25, 0.3) is 0 Å². The number of methoxy groups -OCH3 is 2. The van der Waals surface area contributed by atoms with E-state index in [0.717, 1.165) is 19.3 Å². The van der Waals surface area contributed by atoms with E-state index in [-0.39, 0.29) is 17.8 Å². The summed E-state index contributed by atoms with van der Waals surface area (Å²) in [7, 11) is 3.62. The van der Waals surface area contributed by atoms with Crippen LogP contribution in [0.3, 0.4) is 0 Å². The summed E-state index contributed by atoms with van der Waals surface area (Å²) in [5, 5.41) is 0. The van der Waals surface area contributed by atoms with Gasteiger partial charge < -0.3 is 14.2 Å². The van der Waals surface area contributed by atoms with Crippen molar-refractivity contribution in [3.8, 4) is 0 Å². The van der Waals surface area contributed by atoms with Crippen molar-refractivity contribution in [1.29, 1.82) is 0 Å². The number of hydrogen-bond acceptors (Lipinski definition) is 3. The van der Waals surface area contributed by atoms with Crippen molar-refractivity contribution < 1.29 is 14.2 Å². The van der Waals surface area contributed by atoms with E-state index in [4.69, 9.17) is 14.2 Å². The molecule has 0 spiro atoms. The van der Waals surface area contributed by atoms with Crippen molar-refractivity contribution in [3.63, 3.8) is 0 Å². The Morgan fingerprint density at radius 1 is 1.21 bits per heavy atom. The van der Waals surface area contributed by atoms with Crippen LogP contribution in [0, 0.1) is 5.92 Å². The smallest absolute Gasteiger partial charge is 0.100 e. The fraction of sp³-hybridized carbons (Fsp3) is 0.875. The fourth-order valence-corrected chi connectivity index (χ4v) is 3.58. The predicted octanol–water partition coefficient (Wildman–Crippen LogP) is 3.33. The lowest BCUT2D eigenvalue weighted by molar-refractivity contribution is -0.0894. The molecule has 2 unspecified atom stereocenters. The normalized spacial score (nSPS) is 41.9. The van der Waals surface area contributed by atoms with Crippen molar-refractivity contribution in [2.75, 3.05) is 14.2 Å². The molecular weight excluding hydrogens is 240 g/mol. The second kappa shape index (κ2) is 5.94. The molecule has 0 bridgehead atoms. The third-order valence-electron chi connectivity index (χ3n) is 4.76. The van der Waals surface area contributed by atoms with Gasteiger partial charge in [0.2, 0.25) is 0 Å². The Balaban J connectivity index is 2.07. The standard InChI is InChI=1S/C16H28O3/c1-11(2)9-10-14-16(3,19-14)15-12(17-4)7-6-8-13(15)18-5/h9,12-15H,6-8,10H2,1-5H3/t12-,13?,14-,15?,16+/m1/s1. The summed E-state index contributed by atoms with van der Waals surface area (Å²) in [5.74, 6) is 0.354. The third kappa shape index (κ3) is 3.04. The number of ether oxygens (including phenoxy) is 3. The van der Waals surface area contributed by atoms with Crippen molar-refractivity contribution in [1.82, 2.24) is 0 Å². The molecule has 3 nitrogen and oxygen atoms in total. The van der Waals surface area contributed by atoms with Gasteiger partial charge in [-0.1, -0.05) is 11.6 Å². The topological polar surface area (TPSA) is 31.0 Å². The minimum Gasteiger partial charge on any atom is -0.381 e. The Morgan fingerprint density at radius 3 is 2.26 bits per heavy atom. The molecule has 0 radical (unpaired) electrons. The molecule has 0 N–H and O–H groups in total. The van der Waals surface area contributed by atoms with E-state index >= 15 is 0 Å². The minimum atomic E-state index is -0.0757. The van der Waals surface area contributed by atoms with Crippen LogP contribution in [0.4, 0.5) is 0 Å². The lowest BCUT2D eigenvalue weighted by Gasteiger charge is -2.39. The average molecular weight is 268 g/mol. The Labute approximate surface area is 117 Å². The van der Waals surface area contributed by atoms with Gasteiger partial charge in [-0.25, -0.2) is 0 Å². The van der Waals surface area contributed by atoms with Gasteiger partial charge in [0.05, 0.1) is 18.3 Å². The molecule has 2 fully saturated rings. The van der Waals surface area contributed by atoms with Gasteiger partial charge in [0, 0.05) is 20.1 Å². The molecule has 110 valence electrons. The molecule has 5 atom stereocenters. The molecule has 1 aliphatic carbocycles. The highest BCUT2D eigenvalue weighted by molar-refractivity contribution is 5.12. The van der Waals surface area contributed by atoms with Crippen molar-refractivity contribution in [2.24, 2.45) is 5.92 Å².